The van der Waals surface area contributed by atoms with Gasteiger partial charge < -0.3 is 14.9 Å². The van der Waals surface area contributed by atoms with E-state index < -0.39 is 0 Å². The molecular weight excluding hydrogens is 376 g/mol. The highest BCUT2D eigenvalue weighted by Crippen LogP contribution is 2.68. The molecule has 4 aliphatic carbocycles. The van der Waals surface area contributed by atoms with E-state index in [9.17, 15) is 9.90 Å². The van der Waals surface area contributed by atoms with Gasteiger partial charge in [0, 0.05) is 6.42 Å². The lowest BCUT2D eigenvalue weighted by Crippen LogP contribution is -2.54. The Labute approximate surface area is 183 Å². The topological polar surface area (TPSA) is 66.8 Å². The van der Waals surface area contributed by atoms with Gasteiger partial charge in [-0.15, -0.1) is 0 Å². The summed E-state index contributed by atoms with van der Waals surface area (Å²) in [5.74, 6) is 4.40. The highest BCUT2D eigenvalue weighted by Gasteiger charge is 2.60. The van der Waals surface area contributed by atoms with Gasteiger partial charge in [0.2, 0.25) is 0 Å². The molecule has 0 aliphatic heterocycles. The van der Waals surface area contributed by atoms with E-state index in [-0.39, 0.29) is 25.3 Å². The SMILES string of the molecule is C[C@H](CCC(=O)OCCO)[C@H]1CCC2C3CCC4C[C@H](O)CC[C@]4(C)C3CC[C@@]21C. The summed E-state index contributed by atoms with van der Waals surface area (Å²) in [6.07, 6.45) is 12.7. The largest absolute Gasteiger partial charge is 0.463 e. The molecule has 4 nitrogen and oxygen atoms in total. The van der Waals surface area contributed by atoms with Crippen LogP contribution >= 0.6 is 0 Å². The number of aliphatic hydroxyl groups is 2. The molecule has 4 heteroatoms. The molecule has 0 aromatic rings. The van der Waals surface area contributed by atoms with Crippen molar-refractivity contribution in [1.82, 2.24) is 0 Å². The van der Waals surface area contributed by atoms with Gasteiger partial charge in [0.25, 0.3) is 0 Å². The van der Waals surface area contributed by atoms with Crippen molar-refractivity contribution in [2.75, 3.05) is 13.2 Å². The van der Waals surface area contributed by atoms with Crippen molar-refractivity contribution in [3.63, 3.8) is 0 Å². The van der Waals surface area contributed by atoms with Gasteiger partial charge >= 0.3 is 5.97 Å². The quantitative estimate of drug-likeness (QED) is 0.596. The van der Waals surface area contributed by atoms with Crippen LogP contribution in [0.4, 0.5) is 0 Å². The standard InChI is InChI=1S/C26H44O4/c1-17(4-9-24(29)30-15-14-27)21-7-8-22-20-6-5-18-16-19(28)10-12-25(18,2)23(20)11-13-26(21,22)3/h17-23,27-28H,4-16H2,1-3H3/t17-,18?,19-,20?,21-,22?,23?,25+,26-/m1/s1. The van der Waals surface area contributed by atoms with Crippen molar-refractivity contribution in [3.05, 3.63) is 0 Å². The normalized spacial score (nSPS) is 46.4. The number of hydrogen-bond donors (Lipinski definition) is 2. The predicted octanol–water partition coefficient (Wildman–Crippen LogP) is 4.96. The second kappa shape index (κ2) is 8.73. The Balaban J connectivity index is 1.42. The first-order valence-corrected chi connectivity index (χ1v) is 12.7. The summed E-state index contributed by atoms with van der Waals surface area (Å²) >= 11 is 0. The number of aliphatic hydroxyl groups excluding tert-OH is 2. The van der Waals surface area contributed by atoms with Gasteiger partial charge in [-0.3, -0.25) is 4.79 Å². The minimum absolute atomic E-state index is 0.0609. The van der Waals surface area contributed by atoms with Gasteiger partial charge in [-0.25, -0.2) is 0 Å². The monoisotopic (exact) mass is 420 g/mol. The summed E-state index contributed by atoms with van der Waals surface area (Å²) in [7, 11) is 0. The fraction of sp³-hybridized carbons (Fsp3) is 0.962. The number of rotatable bonds is 6. The molecule has 0 heterocycles. The van der Waals surface area contributed by atoms with Crippen LogP contribution in [0.1, 0.15) is 91.4 Å². The minimum atomic E-state index is -0.162. The zero-order valence-corrected chi connectivity index (χ0v) is 19.4. The van der Waals surface area contributed by atoms with Crippen LogP contribution in [0.5, 0.6) is 0 Å². The second-order valence-electron chi connectivity index (χ2n) is 11.8. The van der Waals surface area contributed by atoms with Crippen molar-refractivity contribution < 1.29 is 19.7 Å². The van der Waals surface area contributed by atoms with Crippen LogP contribution in [0.2, 0.25) is 0 Å². The minimum Gasteiger partial charge on any atom is -0.463 e. The third-order valence-corrected chi connectivity index (χ3v) is 10.6. The van der Waals surface area contributed by atoms with E-state index in [1.807, 2.05) is 0 Å². The van der Waals surface area contributed by atoms with Gasteiger partial charge in [0.05, 0.1) is 12.7 Å². The molecule has 9 atom stereocenters. The van der Waals surface area contributed by atoms with Crippen LogP contribution in [-0.4, -0.2) is 35.5 Å². The molecule has 4 saturated carbocycles. The van der Waals surface area contributed by atoms with Gasteiger partial charge in [-0.1, -0.05) is 20.8 Å². The Morgan fingerprint density at radius 2 is 1.77 bits per heavy atom. The molecule has 0 aromatic heterocycles. The average Bonchev–Trinajstić information content (AvgIpc) is 3.08. The summed E-state index contributed by atoms with van der Waals surface area (Å²) in [5.41, 5.74) is 0.872. The number of esters is 1. The van der Waals surface area contributed by atoms with E-state index in [0.29, 0.717) is 29.1 Å². The Bertz CT molecular complexity index is 620. The van der Waals surface area contributed by atoms with Crippen LogP contribution in [-0.2, 0) is 9.53 Å². The number of carbonyl (C=O) groups is 1. The predicted molar refractivity (Wildman–Crippen MR) is 118 cm³/mol. The molecule has 0 spiro atoms. The maximum atomic E-state index is 11.9. The molecule has 0 radical (unpaired) electrons. The lowest BCUT2D eigenvalue weighted by molar-refractivity contribution is -0.145. The van der Waals surface area contributed by atoms with Crippen LogP contribution in [0.3, 0.4) is 0 Å². The summed E-state index contributed by atoms with van der Waals surface area (Å²) in [6.45, 7) is 7.52. The van der Waals surface area contributed by atoms with Crippen LogP contribution in [0.25, 0.3) is 0 Å². The van der Waals surface area contributed by atoms with E-state index in [0.717, 1.165) is 42.9 Å². The highest BCUT2D eigenvalue weighted by molar-refractivity contribution is 5.69. The molecule has 4 fully saturated rings. The second-order valence-corrected chi connectivity index (χ2v) is 11.8. The molecule has 0 bridgehead atoms. The lowest BCUT2D eigenvalue weighted by atomic mass is 9.44. The first kappa shape index (κ1) is 22.6. The molecule has 4 unspecified atom stereocenters. The van der Waals surface area contributed by atoms with Gasteiger partial charge in [-0.05, 0) is 111 Å². The Morgan fingerprint density at radius 1 is 1.03 bits per heavy atom. The van der Waals surface area contributed by atoms with E-state index in [4.69, 9.17) is 9.84 Å². The molecule has 172 valence electrons. The zero-order chi connectivity index (χ0) is 21.5. The number of hydrogen-bond acceptors (Lipinski definition) is 4. The van der Waals surface area contributed by atoms with Crippen molar-refractivity contribution in [2.45, 2.75) is 97.5 Å². The van der Waals surface area contributed by atoms with Crippen LogP contribution < -0.4 is 0 Å². The van der Waals surface area contributed by atoms with Crippen molar-refractivity contribution in [2.24, 2.45) is 46.3 Å². The first-order chi connectivity index (χ1) is 14.3. The van der Waals surface area contributed by atoms with Gasteiger partial charge in [-0.2, -0.15) is 0 Å². The first-order valence-electron chi connectivity index (χ1n) is 12.7. The number of ether oxygens (including phenoxy) is 1. The molecule has 0 amide bonds. The Kier molecular flexibility index (Phi) is 6.57. The Hall–Kier alpha value is -0.610. The maximum Gasteiger partial charge on any atom is 0.305 e. The third-order valence-electron chi connectivity index (χ3n) is 10.6. The van der Waals surface area contributed by atoms with Crippen LogP contribution in [0.15, 0.2) is 0 Å². The molecule has 4 rings (SSSR count). The molecule has 0 saturated heterocycles. The van der Waals surface area contributed by atoms with Gasteiger partial charge in [0.15, 0.2) is 0 Å². The van der Waals surface area contributed by atoms with E-state index in [2.05, 4.69) is 20.8 Å². The molecule has 2 N–H and O–H groups in total. The van der Waals surface area contributed by atoms with E-state index >= 15 is 0 Å². The maximum absolute atomic E-state index is 11.9. The molecule has 0 aromatic carbocycles. The lowest BCUT2D eigenvalue weighted by Gasteiger charge is -2.61. The van der Waals surface area contributed by atoms with Crippen molar-refractivity contribution >= 4 is 5.97 Å². The summed E-state index contributed by atoms with van der Waals surface area (Å²) in [4.78, 5) is 11.9. The fourth-order valence-corrected chi connectivity index (χ4v) is 8.99. The summed E-state index contributed by atoms with van der Waals surface area (Å²) < 4.78 is 5.07. The fourth-order valence-electron chi connectivity index (χ4n) is 8.99. The van der Waals surface area contributed by atoms with Crippen molar-refractivity contribution in [1.29, 1.82) is 0 Å². The van der Waals surface area contributed by atoms with E-state index in [1.54, 1.807) is 0 Å². The molecular formula is C26H44O4. The third kappa shape index (κ3) is 3.85. The van der Waals surface area contributed by atoms with Crippen molar-refractivity contribution in [3.8, 4) is 0 Å². The molecule has 4 aliphatic rings. The highest BCUT2D eigenvalue weighted by atomic mass is 16.5. The Morgan fingerprint density at radius 3 is 2.53 bits per heavy atom. The zero-order valence-electron chi connectivity index (χ0n) is 19.4. The summed E-state index contributed by atoms with van der Waals surface area (Å²) in [6, 6.07) is 0. The molecule has 30 heavy (non-hydrogen) atoms. The number of carbonyl (C=O) groups excluding carboxylic acids is 1. The number of fused-ring (bicyclic) bond motifs is 5. The van der Waals surface area contributed by atoms with Gasteiger partial charge in [0.1, 0.15) is 6.61 Å². The summed E-state index contributed by atoms with van der Waals surface area (Å²) in [5, 5.41) is 19.1. The van der Waals surface area contributed by atoms with Crippen LogP contribution in [0, 0.1) is 46.3 Å². The average molecular weight is 421 g/mol. The smallest absolute Gasteiger partial charge is 0.305 e. The van der Waals surface area contributed by atoms with E-state index in [1.165, 1.54) is 44.9 Å².